The molecule has 10 nitrogen and oxygen atoms in total. The van der Waals surface area contributed by atoms with Gasteiger partial charge in [0.15, 0.2) is 0 Å². The average Bonchev–Trinajstić information content (AvgIpc) is 2.81. The number of nitrogens with two attached hydrogens (primary N) is 1. The van der Waals surface area contributed by atoms with Gasteiger partial charge in [-0.1, -0.05) is 56.3 Å². The molecule has 2 atom stereocenters. The molecule has 1 rings (SSSR count). The Morgan fingerprint density at radius 3 is 2.09 bits per heavy atom. The van der Waals surface area contributed by atoms with Crippen molar-refractivity contribution in [1.82, 2.24) is 16.0 Å². The largest absolute Gasteiger partial charge is 0.467 e. The van der Waals surface area contributed by atoms with Gasteiger partial charge in [0.2, 0.25) is 17.7 Å². The zero-order chi connectivity index (χ0) is 27.2. The van der Waals surface area contributed by atoms with Crippen molar-refractivity contribution in [3.05, 3.63) is 48.6 Å². The molecular formula is C25H40N4O6. The van der Waals surface area contributed by atoms with Gasteiger partial charge in [0.25, 0.3) is 0 Å². The number of hydrogen-bond acceptors (Lipinski definition) is 7. The van der Waals surface area contributed by atoms with E-state index in [1.54, 1.807) is 7.05 Å². The summed E-state index contributed by atoms with van der Waals surface area (Å²) in [4.78, 5) is 54.3. The van der Waals surface area contributed by atoms with Crippen LogP contribution in [-0.4, -0.2) is 62.8 Å². The Labute approximate surface area is 208 Å². The Morgan fingerprint density at radius 1 is 1.11 bits per heavy atom. The number of methoxy groups -OCH3 is 1. The number of carbonyl (C=O) groups excluding carboxylic acids is 5. The van der Waals surface area contributed by atoms with Gasteiger partial charge >= 0.3 is 5.97 Å². The van der Waals surface area contributed by atoms with Crippen LogP contribution in [0, 0.1) is 12.8 Å². The number of carbonyl (C=O) groups is 5. The third-order valence-corrected chi connectivity index (χ3v) is 4.18. The number of rotatable bonds is 12. The predicted octanol–water partition coefficient (Wildman–Crippen LogP) is 1.03. The number of aryl methyl sites for hydroxylation is 1. The number of nitrogens with one attached hydrogen (secondary N) is 3. The Kier molecular flexibility index (Phi) is 20.2. The minimum Gasteiger partial charge on any atom is -0.467 e. The molecule has 0 aliphatic carbocycles. The highest BCUT2D eigenvalue weighted by Gasteiger charge is 2.21. The lowest BCUT2D eigenvalue weighted by atomic mass is 10.1. The molecule has 0 saturated carbocycles. The maximum Gasteiger partial charge on any atom is 0.328 e. The van der Waals surface area contributed by atoms with Crippen LogP contribution < -0.4 is 21.7 Å². The van der Waals surface area contributed by atoms with Crippen LogP contribution in [0.25, 0.3) is 0 Å². The third kappa shape index (κ3) is 20.8. The molecule has 10 heteroatoms. The molecule has 0 aliphatic rings. The summed E-state index contributed by atoms with van der Waals surface area (Å²) in [5.74, 6) is -1.37. The minimum absolute atomic E-state index is 0.0135. The molecule has 0 fully saturated rings. The molecule has 0 heterocycles. The molecule has 1 aromatic rings. The highest BCUT2D eigenvalue weighted by Crippen LogP contribution is 2.02. The van der Waals surface area contributed by atoms with Crippen LogP contribution in [0.2, 0.25) is 0 Å². The standard InChI is InChI=1S/C9H17N3O4.C9H15NO2.C7H8/c1-11-5-8(14)12-6(9(15)16-2)3-4-7(10)13;1-4-9(12)10-8(6-11)5-7(2)3;1-7-5-3-2-4-6-7/h6,11H,3-5H2,1-2H3,(H2,10,13)(H,12,14);4,6-8H,1,5H2,2-3H3,(H,10,12);2-6H,1H3. The lowest BCUT2D eigenvalue weighted by molar-refractivity contribution is -0.145. The second-order valence-corrected chi connectivity index (χ2v) is 7.92. The highest BCUT2D eigenvalue weighted by atomic mass is 16.5. The fourth-order valence-electron chi connectivity index (χ4n) is 2.52. The first-order valence-electron chi connectivity index (χ1n) is 11.2. The fraction of sp³-hybridized carbons (Fsp3) is 0.480. The highest BCUT2D eigenvalue weighted by molar-refractivity contribution is 5.89. The van der Waals surface area contributed by atoms with E-state index in [0.29, 0.717) is 12.3 Å². The molecule has 0 aliphatic heterocycles. The van der Waals surface area contributed by atoms with Gasteiger partial charge in [0, 0.05) is 6.42 Å². The van der Waals surface area contributed by atoms with Crippen LogP contribution in [-0.2, 0) is 28.7 Å². The summed E-state index contributed by atoms with van der Waals surface area (Å²) in [6.07, 6.45) is 2.73. The SMILES string of the molecule is C=CC(=O)NC(C=O)CC(C)C.CNCC(=O)NC(CCC(N)=O)C(=O)OC.Cc1ccccc1. The van der Waals surface area contributed by atoms with Crippen LogP contribution in [0.15, 0.2) is 43.0 Å². The first kappa shape index (κ1) is 33.6. The van der Waals surface area contributed by atoms with Crippen molar-refractivity contribution in [3.63, 3.8) is 0 Å². The van der Waals surface area contributed by atoms with E-state index in [1.807, 2.05) is 32.0 Å². The predicted molar refractivity (Wildman–Crippen MR) is 135 cm³/mol. The molecule has 1 aromatic carbocycles. The number of aldehydes is 1. The van der Waals surface area contributed by atoms with E-state index in [4.69, 9.17) is 5.73 Å². The van der Waals surface area contributed by atoms with Crippen LogP contribution in [0.4, 0.5) is 0 Å². The second kappa shape index (κ2) is 21.0. The Morgan fingerprint density at radius 2 is 1.71 bits per heavy atom. The molecule has 35 heavy (non-hydrogen) atoms. The molecule has 3 amide bonds. The summed E-state index contributed by atoms with van der Waals surface area (Å²) in [5, 5.41) is 7.60. The van der Waals surface area contributed by atoms with E-state index in [9.17, 15) is 24.0 Å². The van der Waals surface area contributed by atoms with Gasteiger partial charge in [0.05, 0.1) is 19.7 Å². The molecule has 2 unspecified atom stereocenters. The van der Waals surface area contributed by atoms with Crippen LogP contribution in [0.5, 0.6) is 0 Å². The number of benzene rings is 1. The molecule has 0 aromatic heterocycles. The smallest absolute Gasteiger partial charge is 0.328 e. The molecule has 196 valence electrons. The van der Waals surface area contributed by atoms with Gasteiger partial charge in [-0.25, -0.2) is 4.79 Å². The molecule has 5 N–H and O–H groups in total. The lowest BCUT2D eigenvalue weighted by Crippen LogP contribution is -2.45. The number of amides is 3. The van der Waals surface area contributed by atoms with Crippen molar-refractivity contribution >= 4 is 30.0 Å². The molecule has 0 saturated heterocycles. The molecule has 0 bridgehead atoms. The van der Waals surface area contributed by atoms with Gasteiger partial charge in [-0.3, -0.25) is 14.4 Å². The number of primary amides is 1. The molecule has 0 spiro atoms. The summed E-state index contributed by atoms with van der Waals surface area (Å²) in [7, 11) is 2.82. The summed E-state index contributed by atoms with van der Waals surface area (Å²) >= 11 is 0. The monoisotopic (exact) mass is 492 g/mol. The van der Waals surface area contributed by atoms with Crippen LogP contribution in [0.1, 0.15) is 38.7 Å². The molecule has 0 radical (unpaired) electrons. The van der Waals surface area contributed by atoms with Crippen molar-refractivity contribution < 1.29 is 28.7 Å². The molecular weight excluding hydrogens is 452 g/mol. The lowest BCUT2D eigenvalue weighted by Gasteiger charge is -2.15. The van der Waals surface area contributed by atoms with Crippen molar-refractivity contribution in [1.29, 1.82) is 0 Å². The Bertz CT molecular complexity index is 783. The second-order valence-electron chi connectivity index (χ2n) is 7.92. The zero-order valence-electron chi connectivity index (χ0n) is 21.3. The van der Waals surface area contributed by atoms with E-state index >= 15 is 0 Å². The van der Waals surface area contributed by atoms with Gasteiger partial charge in [-0.05, 0) is 38.8 Å². The fourth-order valence-corrected chi connectivity index (χ4v) is 2.52. The number of esters is 1. The van der Waals surface area contributed by atoms with Gasteiger partial charge in [0.1, 0.15) is 12.3 Å². The van der Waals surface area contributed by atoms with E-state index in [0.717, 1.165) is 12.4 Å². The van der Waals surface area contributed by atoms with Gasteiger partial charge in [-0.2, -0.15) is 0 Å². The summed E-state index contributed by atoms with van der Waals surface area (Å²) in [6, 6.07) is 9.05. The van der Waals surface area contributed by atoms with Gasteiger partial charge < -0.3 is 31.2 Å². The average molecular weight is 493 g/mol. The third-order valence-electron chi connectivity index (χ3n) is 4.18. The summed E-state index contributed by atoms with van der Waals surface area (Å²) in [6.45, 7) is 9.46. The Hall–Kier alpha value is -3.53. The van der Waals surface area contributed by atoms with E-state index < -0.39 is 17.9 Å². The van der Waals surface area contributed by atoms with E-state index in [2.05, 4.69) is 46.3 Å². The topological polar surface area (TPSA) is 157 Å². The van der Waals surface area contributed by atoms with Crippen molar-refractivity contribution in [2.24, 2.45) is 11.7 Å². The first-order chi connectivity index (χ1) is 16.5. The normalized spacial score (nSPS) is 11.3. The van der Waals surface area contributed by atoms with Gasteiger partial charge in [-0.15, -0.1) is 0 Å². The maximum atomic E-state index is 11.3. The number of hydrogen-bond donors (Lipinski definition) is 4. The van der Waals surface area contributed by atoms with Crippen molar-refractivity contribution in [3.8, 4) is 0 Å². The zero-order valence-corrected chi connectivity index (χ0v) is 21.3. The number of ether oxygens (including phenoxy) is 1. The van der Waals surface area contributed by atoms with Crippen LogP contribution >= 0.6 is 0 Å². The summed E-state index contributed by atoms with van der Waals surface area (Å²) < 4.78 is 4.50. The number of likely N-dealkylation sites (N-methyl/N-ethyl adjacent to an activating group) is 1. The summed E-state index contributed by atoms with van der Waals surface area (Å²) in [5.41, 5.74) is 6.28. The quantitative estimate of drug-likeness (QED) is 0.193. The van der Waals surface area contributed by atoms with Crippen molar-refractivity contribution in [2.45, 2.75) is 52.1 Å². The van der Waals surface area contributed by atoms with Crippen molar-refractivity contribution in [2.75, 3.05) is 20.7 Å². The Balaban J connectivity index is 0. The van der Waals surface area contributed by atoms with E-state index in [-0.39, 0.29) is 37.2 Å². The van der Waals surface area contributed by atoms with Crippen LogP contribution in [0.3, 0.4) is 0 Å². The first-order valence-corrected chi connectivity index (χ1v) is 11.2. The maximum absolute atomic E-state index is 11.3. The minimum atomic E-state index is -0.835. The van der Waals surface area contributed by atoms with E-state index in [1.165, 1.54) is 12.7 Å².